The van der Waals surface area contributed by atoms with Gasteiger partial charge in [0.15, 0.2) is 11.6 Å². The molecule has 2 aliphatic rings. The third-order valence-corrected chi connectivity index (χ3v) is 5.41. The van der Waals surface area contributed by atoms with Crippen LogP contribution in [0.3, 0.4) is 0 Å². The maximum atomic E-state index is 4.71. The molecular formula is C16H18N8S. The largest absolute Gasteiger partial charge is 0.352 e. The Kier molecular flexibility index (Phi) is 3.58. The van der Waals surface area contributed by atoms with Crippen LogP contribution >= 0.6 is 11.5 Å². The molecule has 2 fully saturated rings. The van der Waals surface area contributed by atoms with E-state index in [4.69, 9.17) is 4.98 Å². The fraction of sp³-hybridized carbons (Fsp3) is 0.438. The van der Waals surface area contributed by atoms with Gasteiger partial charge in [-0.2, -0.15) is 9.47 Å². The maximum Gasteiger partial charge on any atom is 0.205 e. The van der Waals surface area contributed by atoms with E-state index in [-0.39, 0.29) is 0 Å². The number of piperazine rings is 1. The first-order valence-electron chi connectivity index (χ1n) is 8.54. The first-order valence-corrected chi connectivity index (χ1v) is 9.31. The van der Waals surface area contributed by atoms with Crippen LogP contribution in [-0.4, -0.2) is 55.5 Å². The molecule has 5 rings (SSSR count). The van der Waals surface area contributed by atoms with E-state index in [2.05, 4.69) is 29.5 Å². The quantitative estimate of drug-likeness (QED) is 0.706. The standard InChI is InChI=1S/C16H18N8S/c1-6-17-24(7-1)14-5-4-13(19-20-14)22-8-10-23(11-9-22)16-18-15(21-25-16)12-2-3-12/h1,4-7,12H,2-3,8-11H2. The Labute approximate surface area is 149 Å². The Bertz CT molecular complexity index is 831. The summed E-state index contributed by atoms with van der Waals surface area (Å²) in [6.07, 6.45) is 6.09. The zero-order valence-corrected chi connectivity index (χ0v) is 14.5. The van der Waals surface area contributed by atoms with Crippen LogP contribution in [0.15, 0.2) is 30.6 Å². The lowest BCUT2D eigenvalue weighted by Gasteiger charge is -2.34. The molecule has 9 heteroatoms. The fourth-order valence-corrected chi connectivity index (χ4v) is 3.80. The first-order chi connectivity index (χ1) is 12.4. The van der Waals surface area contributed by atoms with Gasteiger partial charge in [-0.05, 0) is 31.0 Å². The number of hydrogen-bond acceptors (Lipinski definition) is 8. The second-order valence-electron chi connectivity index (χ2n) is 6.38. The van der Waals surface area contributed by atoms with Gasteiger partial charge in [0.25, 0.3) is 0 Å². The number of anilines is 2. The molecule has 1 aliphatic carbocycles. The Balaban J connectivity index is 1.23. The molecule has 8 nitrogen and oxygen atoms in total. The second-order valence-corrected chi connectivity index (χ2v) is 7.11. The summed E-state index contributed by atoms with van der Waals surface area (Å²) in [5.41, 5.74) is 0. The average Bonchev–Trinajstić information content (AvgIpc) is 3.17. The van der Waals surface area contributed by atoms with Gasteiger partial charge in [-0.25, -0.2) is 9.67 Å². The van der Waals surface area contributed by atoms with E-state index in [1.165, 1.54) is 24.4 Å². The summed E-state index contributed by atoms with van der Waals surface area (Å²) in [4.78, 5) is 9.30. The van der Waals surface area contributed by atoms with Gasteiger partial charge in [0, 0.05) is 56.0 Å². The Morgan fingerprint density at radius 1 is 0.960 bits per heavy atom. The molecule has 1 saturated carbocycles. The minimum Gasteiger partial charge on any atom is -0.352 e. The van der Waals surface area contributed by atoms with Crippen LogP contribution in [0.2, 0.25) is 0 Å². The topological polar surface area (TPSA) is 75.9 Å². The molecular weight excluding hydrogens is 336 g/mol. The summed E-state index contributed by atoms with van der Waals surface area (Å²) in [6, 6.07) is 5.83. The predicted molar refractivity (Wildman–Crippen MR) is 95.5 cm³/mol. The van der Waals surface area contributed by atoms with Crippen molar-refractivity contribution in [2.24, 2.45) is 0 Å². The highest BCUT2D eigenvalue weighted by Crippen LogP contribution is 2.39. The van der Waals surface area contributed by atoms with Crippen LogP contribution in [0.1, 0.15) is 24.6 Å². The molecule has 1 saturated heterocycles. The molecule has 0 unspecified atom stereocenters. The molecule has 0 radical (unpaired) electrons. The number of hydrogen-bond donors (Lipinski definition) is 0. The summed E-state index contributed by atoms with van der Waals surface area (Å²) in [5.74, 6) is 3.30. The van der Waals surface area contributed by atoms with Gasteiger partial charge in [0.05, 0.1) is 0 Å². The third kappa shape index (κ3) is 2.95. The normalized spacial score (nSPS) is 17.9. The SMILES string of the molecule is c1cnn(-c2ccc(N3CCN(c4nc(C5CC5)ns4)CC3)nn2)c1. The Hall–Kier alpha value is -2.55. The molecule has 4 heterocycles. The zero-order valence-electron chi connectivity index (χ0n) is 13.7. The molecule has 0 amide bonds. The third-order valence-electron chi connectivity index (χ3n) is 4.62. The summed E-state index contributed by atoms with van der Waals surface area (Å²) in [6.45, 7) is 3.69. The molecule has 1 aliphatic heterocycles. The highest BCUT2D eigenvalue weighted by molar-refractivity contribution is 7.09. The van der Waals surface area contributed by atoms with Gasteiger partial charge in [0.2, 0.25) is 5.13 Å². The predicted octanol–water partition coefficient (Wildman–Crippen LogP) is 1.72. The molecule has 25 heavy (non-hydrogen) atoms. The minimum absolute atomic E-state index is 0.620. The van der Waals surface area contributed by atoms with Crippen molar-refractivity contribution < 1.29 is 0 Å². The van der Waals surface area contributed by atoms with Gasteiger partial charge < -0.3 is 9.80 Å². The van der Waals surface area contributed by atoms with Gasteiger partial charge in [-0.15, -0.1) is 10.2 Å². The second kappa shape index (κ2) is 6.07. The smallest absolute Gasteiger partial charge is 0.205 e. The minimum atomic E-state index is 0.620. The molecule has 0 aromatic carbocycles. The highest BCUT2D eigenvalue weighted by atomic mass is 32.1. The number of aromatic nitrogens is 6. The molecule has 0 N–H and O–H groups in total. The van der Waals surface area contributed by atoms with E-state index in [0.717, 1.165) is 48.8 Å². The van der Waals surface area contributed by atoms with E-state index in [1.807, 2.05) is 24.4 Å². The molecule has 3 aromatic rings. The van der Waals surface area contributed by atoms with Crippen molar-refractivity contribution in [3.63, 3.8) is 0 Å². The molecule has 0 atom stereocenters. The van der Waals surface area contributed by atoms with E-state index in [0.29, 0.717) is 5.92 Å². The van der Waals surface area contributed by atoms with E-state index >= 15 is 0 Å². The van der Waals surface area contributed by atoms with Crippen molar-refractivity contribution in [2.45, 2.75) is 18.8 Å². The van der Waals surface area contributed by atoms with Gasteiger partial charge in [-0.1, -0.05) is 0 Å². The summed E-state index contributed by atoms with van der Waals surface area (Å²) in [7, 11) is 0. The fourth-order valence-electron chi connectivity index (χ4n) is 3.00. The van der Waals surface area contributed by atoms with Crippen LogP contribution in [-0.2, 0) is 0 Å². The Morgan fingerprint density at radius 2 is 1.72 bits per heavy atom. The van der Waals surface area contributed by atoms with Crippen molar-refractivity contribution in [3.05, 3.63) is 36.4 Å². The van der Waals surface area contributed by atoms with Gasteiger partial charge >= 0.3 is 0 Å². The first kappa shape index (κ1) is 14.8. The molecule has 128 valence electrons. The average molecular weight is 354 g/mol. The molecule has 3 aromatic heterocycles. The van der Waals surface area contributed by atoms with Gasteiger partial charge in [-0.3, -0.25) is 0 Å². The summed E-state index contributed by atoms with van der Waals surface area (Å²) < 4.78 is 6.22. The van der Waals surface area contributed by atoms with Crippen LogP contribution in [0.5, 0.6) is 0 Å². The monoisotopic (exact) mass is 354 g/mol. The zero-order chi connectivity index (χ0) is 16.6. The summed E-state index contributed by atoms with van der Waals surface area (Å²) in [5, 5.41) is 13.9. The van der Waals surface area contributed by atoms with E-state index < -0.39 is 0 Å². The van der Waals surface area contributed by atoms with Crippen molar-refractivity contribution in [1.29, 1.82) is 0 Å². The highest BCUT2D eigenvalue weighted by Gasteiger charge is 2.29. The van der Waals surface area contributed by atoms with E-state index in [9.17, 15) is 0 Å². The van der Waals surface area contributed by atoms with Crippen LogP contribution in [0.25, 0.3) is 5.82 Å². The maximum absolute atomic E-state index is 4.71. The van der Waals surface area contributed by atoms with Crippen molar-refractivity contribution >= 4 is 22.5 Å². The number of nitrogens with zero attached hydrogens (tertiary/aromatic N) is 8. The number of rotatable bonds is 4. The lowest BCUT2D eigenvalue weighted by molar-refractivity contribution is 0.640. The molecule has 0 spiro atoms. The Morgan fingerprint density at radius 3 is 2.40 bits per heavy atom. The van der Waals surface area contributed by atoms with Crippen molar-refractivity contribution in [2.75, 3.05) is 36.0 Å². The lowest BCUT2D eigenvalue weighted by atomic mass is 10.3. The molecule has 0 bridgehead atoms. The van der Waals surface area contributed by atoms with Crippen LogP contribution in [0, 0.1) is 0 Å². The van der Waals surface area contributed by atoms with Crippen LogP contribution in [0.4, 0.5) is 10.9 Å². The van der Waals surface area contributed by atoms with E-state index in [1.54, 1.807) is 10.9 Å². The van der Waals surface area contributed by atoms with Crippen LogP contribution < -0.4 is 9.80 Å². The van der Waals surface area contributed by atoms with Crippen molar-refractivity contribution in [3.8, 4) is 5.82 Å². The van der Waals surface area contributed by atoms with Crippen molar-refractivity contribution in [1.82, 2.24) is 29.3 Å². The summed E-state index contributed by atoms with van der Waals surface area (Å²) >= 11 is 1.53. The van der Waals surface area contributed by atoms with Gasteiger partial charge in [0.1, 0.15) is 5.82 Å². The lowest BCUT2D eigenvalue weighted by Crippen LogP contribution is -2.46.